The van der Waals surface area contributed by atoms with Gasteiger partial charge in [0.25, 0.3) is 11.8 Å². The zero-order valence-electron chi connectivity index (χ0n) is 21.3. The number of carbonyl (C=O) groups is 4. The van der Waals surface area contributed by atoms with E-state index in [2.05, 4.69) is 15.5 Å². The van der Waals surface area contributed by atoms with Crippen molar-refractivity contribution in [3.8, 4) is 0 Å². The van der Waals surface area contributed by atoms with Crippen LogP contribution in [0.15, 0.2) is 39.4 Å². The molecular weight excluding hydrogens is 570 g/mol. The molecule has 2 aliphatic heterocycles. The van der Waals surface area contributed by atoms with Crippen molar-refractivity contribution in [1.29, 1.82) is 0 Å². The molecule has 0 unspecified atom stereocenters. The number of β-lactam (4-membered cyclic amide) rings is 1. The Kier molecular flexibility index (Phi) is 7.94. The largest absolute Gasteiger partial charge is 0.478 e. The molecule has 2 aromatic rings. The summed E-state index contributed by atoms with van der Waals surface area (Å²) in [4.78, 5) is 60.2. The molecule has 14 nitrogen and oxygen atoms in total. The Labute approximate surface area is 234 Å². The highest BCUT2D eigenvalue weighted by Gasteiger charge is 2.54. The van der Waals surface area contributed by atoms with Gasteiger partial charge in [0.15, 0.2) is 10.8 Å². The number of anilines is 1. The number of amides is 2. The van der Waals surface area contributed by atoms with Crippen LogP contribution >= 0.6 is 34.9 Å². The average molecular weight is 597 g/mol. The molecule has 5 N–H and O–H groups in total. The first-order valence-corrected chi connectivity index (χ1v) is 14.3. The number of nitrogens with zero attached hydrogens (tertiary/aromatic N) is 5. The van der Waals surface area contributed by atoms with Gasteiger partial charge in [0.05, 0.1) is 14.1 Å². The normalized spacial score (nSPS) is 19.4. The van der Waals surface area contributed by atoms with Crippen LogP contribution < -0.4 is 15.6 Å². The summed E-state index contributed by atoms with van der Waals surface area (Å²) in [5.41, 5.74) is 4.10. The van der Waals surface area contributed by atoms with E-state index in [1.165, 1.54) is 47.7 Å². The van der Waals surface area contributed by atoms with Crippen molar-refractivity contribution in [3.05, 3.63) is 34.7 Å². The SMILES string of the molecule is Cn1cc[n+](C)c1SCC1=C(C(=O)O)N2C(=O)[C@@H](NC(=O)/C(=N\OC(C)(C)C(=O)O)c3csc(N)n3)[C@H]2SC1. The fraction of sp³-hybridized carbons (Fsp3) is 0.409. The molecule has 39 heavy (non-hydrogen) atoms. The number of oxime groups is 1. The van der Waals surface area contributed by atoms with Gasteiger partial charge in [-0.1, -0.05) is 5.16 Å². The Balaban J connectivity index is 1.53. The molecule has 0 saturated carbocycles. The number of hydrogen-bond acceptors (Lipinski definition) is 11. The van der Waals surface area contributed by atoms with Gasteiger partial charge in [-0.3, -0.25) is 14.5 Å². The zero-order chi connectivity index (χ0) is 28.6. The van der Waals surface area contributed by atoms with Crippen LogP contribution in [0.1, 0.15) is 19.5 Å². The van der Waals surface area contributed by atoms with Gasteiger partial charge < -0.3 is 26.1 Å². The topological polar surface area (TPSA) is 193 Å². The van der Waals surface area contributed by atoms with Crippen LogP contribution in [0.25, 0.3) is 0 Å². The second-order valence-corrected chi connectivity index (χ2v) is 12.1. The number of nitrogen functional groups attached to an aromatic ring is 1. The molecule has 1 saturated heterocycles. The number of aryl methyl sites for hydroxylation is 2. The molecule has 0 aromatic carbocycles. The quantitative estimate of drug-likeness (QED) is 0.0948. The molecule has 0 bridgehead atoms. The second kappa shape index (κ2) is 10.9. The molecule has 0 spiro atoms. The number of rotatable bonds is 10. The fourth-order valence-corrected chi connectivity index (χ4v) is 6.83. The Morgan fingerprint density at radius 1 is 1.38 bits per heavy atom. The van der Waals surface area contributed by atoms with Gasteiger partial charge >= 0.3 is 17.1 Å². The summed E-state index contributed by atoms with van der Waals surface area (Å²) in [7, 11) is 3.77. The lowest BCUT2D eigenvalue weighted by atomic mass is 10.0. The maximum Gasteiger partial charge on any atom is 0.352 e. The summed E-state index contributed by atoms with van der Waals surface area (Å²) in [5.74, 6) is -3.26. The van der Waals surface area contributed by atoms with Gasteiger partial charge in [0, 0.05) is 16.9 Å². The summed E-state index contributed by atoms with van der Waals surface area (Å²) in [6.07, 6.45) is 3.77. The first kappa shape index (κ1) is 28.4. The minimum absolute atomic E-state index is 0.0374. The summed E-state index contributed by atoms with van der Waals surface area (Å²) in [5, 5.41) is 27.4. The van der Waals surface area contributed by atoms with Gasteiger partial charge in [-0.05, 0) is 31.2 Å². The predicted molar refractivity (Wildman–Crippen MR) is 143 cm³/mol. The van der Waals surface area contributed by atoms with Gasteiger partial charge in [0.2, 0.25) is 5.60 Å². The molecule has 4 rings (SSSR count). The van der Waals surface area contributed by atoms with Crippen LogP contribution in [0.5, 0.6) is 0 Å². The van der Waals surface area contributed by atoms with E-state index in [0.717, 1.165) is 16.5 Å². The van der Waals surface area contributed by atoms with Gasteiger partial charge in [0.1, 0.15) is 35.2 Å². The predicted octanol–water partition coefficient (Wildman–Crippen LogP) is 0.00310. The number of carbonyl (C=O) groups excluding carboxylic acids is 2. The third-order valence-electron chi connectivity index (χ3n) is 5.89. The van der Waals surface area contributed by atoms with Crippen molar-refractivity contribution >= 4 is 69.5 Å². The number of thioether (sulfide) groups is 2. The number of carboxylic acids is 2. The average Bonchev–Trinajstić information content (AvgIpc) is 3.44. The van der Waals surface area contributed by atoms with Gasteiger partial charge in [-0.2, -0.15) is 0 Å². The van der Waals surface area contributed by atoms with Crippen LogP contribution in [-0.4, -0.2) is 82.7 Å². The van der Waals surface area contributed by atoms with Crippen molar-refractivity contribution in [2.75, 3.05) is 17.2 Å². The van der Waals surface area contributed by atoms with E-state index in [0.29, 0.717) is 17.1 Å². The molecule has 0 aliphatic carbocycles. The number of carboxylic acid groups (broad SMARTS) is 2. The molecule has 0 radical (unpaired) electrons. The van der Waals surface area contributed by atoms with Crippen LogP contribution in [0.4, 0.5) is 5.13 Å². The van der Waals surface area contributed by atoms with Crippen LogP contribution in [0.2, 0.25) is 0 Å². The molecule has 1 fully saturated rings. The maximum absolute atomic E-state index is 13.2. The third-order valence-corrected chi connectivity index (χ3v) is 9.23. The van der Waals surface area contributed by atoms with E-state index >= 15 is 0 Å². The van der Waals surface area contributed by atoms with Crippen molar-refractivity contribution in [3.63, 3.8) is 0 Å². The van der Waals surface area contributed by atoms with E-state index in [1.54, 1.807) is 0 Å². The minimum Gasteiger partial charge on any atom is -0.478 e. The molecular formula is C22H26N7O7S3+. The number of nitrogens with one attached hydrogen (secondary N) is 1. The summed E-state index contributed by atoms with van der Waals surface area (Å²) >= 11 is 3.83. The number of thiazole rings is 1. The Morgan fingerprint density at radius 2 is 2.10 bits per heavy atom. The first-order valence-electron chi connectivity index (χ1n) is 11.4. The fourth-order valence-electron chi connectivity index (χ4n) is 3.74. The smallest absolute Gasteiger partial charge is 0.352 e. The molecule has 17 heteroatoms. The van der Waals surface area contributed by atoms with Gasteiger partial charge in [-0.15, -0.1) is 23.1 Å². The Bertz CT molecular complexity index is 1390. The second-order valence-electron chi connectivity index (χ2n) is 9.13. The van der Waals surface area contributed by atoms with Crippen LogP contribution in [-0.2, 0) is 38.1 Å². The molecule has 2 amide bonds. The van der Waals surface area contributed by atoms with E-state index in [1.807, 2.05) is 35.6 Å². The van der Waals surface area contributed by atoms with E-state index in [9.17, 15) is 29.4 Å². The highest BCUT2D eigenvalue weighted by molar-refractivity contribution is 8.01. The number of hydrogen-bond donors (Lipinski definition) is 4. The molecule has 2 aliphatic rings. The summed E-state index contributed by atoms with van der Waals surface area (Å²) < 4.78 is 3.84. The van der Waals surface area contributed by atoms with E-state index in [-0.39, 0.29) is 22.2 Å². The van der Waals surface area contributed by atoms with Gasteiger partial charge in [-0.25, -0.2) is 23.7 Å². The lowest BCUT2D eigenvalue weighted by Crippen LogP contribution is -2.71. The van der Waals surface area contributed by atoms with E-state index in [4.69, 9.17) is 10.6 Å². The van der Waals surface area contributed by atoms with E-state index < -0.39 is 40.8 Å². The van der Waals surface area contributed by atoms with Crippen molar-refractivity contribution < 1.29 is 38.8 Å². The van der Waals surface area contributed by atoms with Crippen molar-refractivity contribution in [2.45, 2.75) is 36.0 Å². The van der Waals surface area contributed by atoms with Crippen LogP contribution in [0, 0.1) is 0 Å². The van der Waals surface area contributed by atoms with Crippen molar-refractivity contribution in [1.82, 2.24) is 19.8 Å². The Morgan fingerprint density at radius 3 is 2.67 bits per heavy atom. The summed E-state index contributed by atoms with van der Waals surface area (Å²) in [6.45, 7) is 2.51. The minimum atomic E-state index is -1.75. The third kappa shape index (κ3) is 5.60. The molecule has 208 valence electrons. The first-order chi connectivity index (χ1) is 18.3. The number of imidazole rings is 1. The zero-order valence-corrected chi connectivity index (χ0v) is 23.7. The molecule has 2 atom stereocenters. The van der Waals surface area contributed by atoms with Crippen LogP contribution in [0.3, 0.4) is 0 Å². The lowest BCUT2D eigenvalue weighted by Gasteiger charge is -2.49. The number of aromatic nitrogens is 3. The molecule has 2 aromatic heterocycles. The number of nitrogens with two attached hydrogens (primary N) is 1. The summed E-state index contributed by atoms with van der Waals surface area (Å²) in [6, 6.07) is -1.04. The maximum atomic E-state index is 13.2. The highest BCUT2D eigenvalue weighted by Crippen LogP contribution is 2.41. The molecule has 4 heterocycles. The lowest BCUT2D eigenvalue weighted by molar-refractivity contribution is -0.709. The van der Waals surface area contributed by atoms with Crippen molar-refractivity contribution in [2.24, 2.45) is 19.3 Å². The number of fused-ring (bicyclic) bond motifs is 1. The number of aliphatic carboxylic acids is 2. The standard InChI is InChI=1S/C22H25N7O7S3/c1-22(2,19(34)35)36-26-12(11-9-38-20(23)24-11)15(30)25-13-16(31)29-14(18(32)33)10(7-37-17(13)29)8-39-21-27(3)5-6-28(21)4/h5-6,9,13,17H,7-8H2,1-4H3,(H4-,23,24,25,30,32,33,34,35)/p+1/b26-12-/t13-,17-/m1/s1. The Hall–Kier alpha value is -3.57. The highest BCUT2D eigenvalue weighted by atomic mass is 32.2. The monoisotopic (exact) mass is 596 g/mol.